The number of nitrogens with one attached hydrogen (secondary N) is 1. The molecule has 0 aromatic heterocycles. The van der Waals surface area contributed by atoms with Gasteiger partial charge in [0.15, 0.2) is 0 Å². The van der Waals surface area contributed by atoms with Crippen LogP contribution in [0.4, 0.5) is 5.69 Å². The largest absolute Gasteiger partial charge is 0.497 e. The summed E-state index contributed by atoms with van der Waals surface area (Å²) in [6.07, 6.45) is 0.345. The number of carbonyl (C=O) groups excluding carboxylic acids is 1. The molecule has 0 saturated carbocycles. The average Bonchev–Trinajstić information content (AvgIpc) is 2.45. The number of aryl methyl sites for hydroxylation is 2. The Kier molecular flexibility index (Phi) is 5.02. The van der Waals surface area contributed by atoms with Gasteiger partial charge in [0.1, 0.15) is 5.75 Å². The number of ether oxygens (including phenoxy) is 1. The molecule has 0 saturated heterocycles. The summed E-state index contributed by atoms with van der Waals surface area (Å²) in [5, 5.41) is 2.94. The van der Waals surface area contributed by atoms with Crippen LogP contribution in [0.3, 0.4) is 0 Å². The molecule has 0 aliphatic heterocycles. The van der Waals surface area contributed by atoms with Gasteiger partial charge in [-0.25, -0.2) is 0 Å². The summed E-state index contributed by atoms with van der Waals surface area (Å²) in [5.41, 5.74) is 4.00. The van der Waals surface area contributed by atoms with E-state index < -0.39 is 0 Å². The van der Waals surface area contributed by atoms with Crippen molar-refractivity contribution in [3.05, 3.63) is 57.6 Å². The molecule has 3 nitrogen and oxygen atoms in total. The predicted molar refractivity (Wildman–Crippen MR) is 88.9 cm³/mol. The molecule has 1 amide bonds. The van der Waals surface area contributed by atoms with Crippen molar-refractivity contribution in [2.24, 2.45) is 0 Å². The van der Waals surface area contributed by atoms with Crippen LogP contribution in [0, 0.1) is 13.8 Å². The van der Waals surface area contributed by atoms with E-state index in [0.29, 0.717) is 6.42 Å². The second kappa shape index (κ2) is 6.76. The highest BCUT2D eigenvalue weighted by atomic mass is 79.9. The van der Waals surface area contributed by atoms with Crippen molar-refractivity contribution in [1.82, 2.24) is 0 Å². The summed E-state index contributed by atoms with van der Waals surface area (Å²) in [7, 11) is 1.62. The van der Waals surface area contributed by atoms with Crippen LogP contribution in [0.1, 0.15) is 16.7 Å². The quantitative estimate of drug-likeness (QED) is 0.897. The molecule has 0 aliphatic carbocycles. The maximum absolute atomic E-state index is 12.1. The van der Waals surface area contributed by atoms with Crippen molar-refractivity contribution in [3.63, 3.8) is 0 Å². The van der Waals surface area contributed by atoms with Crippen molar-refractivity contribution < 1.29 is 9.53 Å². The van der Waals surface area contributed by atoms with Gasteiger partial charge < -0.3 is 10.1 Å². The molecular formula is C17H18BrNO2. The third kappa shape index (κ3) is 4.08. The van der Waals surface area contributed by atoms with E-state index in [9.17, 15) is 4.79 Å². The Balaban J connectivity index is 2.04. The van der Waals surface area contributed by atoms with E-state index in [-0.39, 0.29) is 5.91 Å². The van der Waals surface area contributed by atoms with Gasteiger partial charge in [-0.2, -0.15) is 0 Å². The molecule has 4 heteroatoms. The van der Waals surface area contributed by atoms with Crippen molar-refractivity contribution in [2.75, 3.05) is 12.4 Å². The summed E-state index contributed by atoms with van der Waals surface area (Å²) in [6, 6.07) is 11.4. The molecule has 1 N–H and O–H groups in total. The molecule has 0 spiro atoms. The molecule has 21 heavy (non-hydrogen) atoms. The minimum absolute atomic E-state index is 0.0266. The van der Waals surface area contributed by atoms with Gasteiger partial charge in [0.05, 0.1) is 13.5 Å². The Hall–Kier alpha value is -1.81. The highest BCUT2D eigenvalue weighted by Crippen LogP contribution is 2.25. The first-order valence-electron chi connectivity index (χ1n) is 6.69. The fourth-order valence-corrected chi connectivity index (χ4v) is 2.38. The fraction of sp³-hybridized carbons (Fsp3) is 0.235. The van der Waals surface area contributed by atoms with E-state index in [0.717, 1.165) is 32.6 Å². The lowest BCUT2D eigenvalue weighted by Gasteiger charge is -2.10. The normalized spacial score (nSPS) is 10.3. The molecular weight excluding hydrogens is 330 g/mol. The second-order valence-corrected chi connectivity index (χ2v) is 5.79. The third-order valence-corrected chi connectivity index (χ3v) is 4.49. The molecule has 2 aromatic carbocycles. The van der Waals surface area contributed by atoms with Gasteiger partial charge in [-0.05, 0) is 54.8 Å². The van der Waals surface area contributed by atoms with Crippen LogP contribution in [0.5, 0.6) is 5.75 Å². The average molecular weight is 348 g/mol. The lowest BCUT2D eigenvalue weighted by molar-refractivity contribution is -0.115. The summed E-state index contributed by atoms with van der Waals surface area (Å²) in [4.78, 5) is 12.1. The first-order valence-corrected chi connectivity index (χ1v) is 7.48. The number of hydrogen-bond acceptors (Lipinski definition) is 2. The van der Waals surface area contributed by atoms with Crippen LogP contribution < -0.4 is 10.1 Å². The minimum Gasteiger partial charge on any atom is -0.497 e. The molecule has 0 aliphatic rings. The maximum Gasteiger partial charge on any atom is 0.228 e. The number of anilines is 1. The number of rotatable bonds is 4. The Labute approximate surface area is 133 Å². The van der Waals surface area contributed by atoms with Crippen molar-refractivity contribution in [1.29, 1.82) is 0 Å². The highest BCUT2D eigenvalue weighted by molar-refractivity contribution is 9.10. The Morgan fingerprint density at radius 2 is 1.71 bits per heavy atom. The molecule has 0 bridgehead atoms. The van der Waals surface area contributed by atoms with E-state index >= 15 is 0 Å². The topological polar surface area (TPSA) is 38.3 Å². The summed E-state index contributed by atoms with van der Waals surface area (Å²) >= 11 is 3.52. The molecule has 2 rings (SSSR count). The molecule has 0 unspecified atom stereocenters. The van der Waals surface area contributed by atoms with Crippen molar-refractivity contribution in [3.8, 4) is 5.75 Å². The summed E-state index contributed by atoms with van der Waals surface area (Å²) in [6.45, 7) is 4.02. The molecule has 0 fully saturated rings. The van der Waals surface area contributed by atoms with E-state index in [1.165, 1.54) is 0 Å². The van der Waals surface area contributed by atoms with Crippen LogP contribution in [-0.4, -0.2) is 13.0 Å². The van der Waals surface area contributed by atoms with Crippen LogP contribution in [0.15, 0.2) is 40.9 Å². The summed E-state index contributed by atoms with van der Waals surface area (Å²) in [5.74, 6) is 0.764. The number of benzene rings is 2. The van der Waals surface area contributed by atoms with Crippen molar-refractivity contribution in [2.45, 2.75) is 20.3 Å². The van der Waals surface area contributed by atoms with Crippen LogP contribution in [0.2, 0.25) is 0 Å². The Morgan fingerprint density at radius 1 is 1.14 bits per heavy atom. The molecule has 0 radical (unpaired) electrons. The predicted octanol–water partition coefficient (Wildman–Crippen LogP) is 4.26. The Bertz CT molecular complexity index is 627. The van der Waals surface area contributed by atoms with E-state index in [4.69, 9.17) is 4.74 Å². The van der Waals surface area contributed by atoms with Gasteiger partial charge in [-0.15, -0.1) is 0 Å². The van der Waals surface area contributed by atoms with Gasteiger partial charge in [-0.1, -0.05) is 28.1 Å². The minimum atomic E-state index is -0.0266. The number of halogens is 1. The third-order valence-electron chi connectivity index (χ3n) is 3.24. The zero-order valence-corrected chi connectivity index (χ0v) is 14.0. The SMILES string of the molecule is COc1ccc(CC(=O)Nc2cc(C)c(Br)c(C)c2)cc1. The van der Waals surface area contributed by atoms with Crippen LogP contribution in [-0.2, 0) is 11.2 Å². The van der Waals surface area contributed by atoms with E-state index in [1.807, 2.05) is 50.2 Å². The molecule has 0 atom stereocenters. The zero-order chi connectivity index (χ0) is 15.4. The number of amides is 1. The summed E-state index contributed by atoms with van der Waals surface area (Å²) < 4.78 is 6.18. The van der Waals surface area contributed by atoms with Gasteiger partial charge in [-0.3, -0.25) is 4.79 Å². The van der Waals surface area contributed by atoms with Gasteiger partial charge in [0, 0.05) is 10.2 Å². The van der Waals surface area contributed by atoms with Gasteiger partial charge in [0.25, 0.3) is 0 Å². The monoisotopic (exact) mass is 347 g/mol. The lowest BCUT2D eigenvalue weighted by atomic mass is 10.1. The maximum atomic E-state index is 12.1. The molecule has 0 heterocycles. The first kappa shape index (κ1) is 15.6. The van der Waals surface area contributed by atoms with Gasteiger partial charge in [0.2, 0.25) is 5.91 Å². The first-order chi connectivity index (χ1) is 9.99. The van der Waals surface area contributed by atoms with Crippen LogP contribution in [0.25, 0.3) is 0 Å². The van der Waals surface area contributed by atoms with E-state index in [2.05, 4.69) is 21.2 Å². The zero-order valence-electron chi connectivity index (χ0n) is 12.4. The second-order valence-electron chi connectivity index (χ2n) is 5.00. The number of hydrogen-bond donors (Lipinski definition) is 1. The molecule has 110 valence electrons. The highest BCUT2D eigenvalue weighted by Gasteiger charge is 2.07. The lowest BCUT2D eigenvalue weighted by Crippen LogP contribution is -2.14. The fourth-order valence-electron chi connectivity index (χ4n) is 2.15. The van der Waals surface area contributed by atoms with E-state index in [1.54, 1.807) is 7.11 Å². The van der Waals surface area contributed by atoms with Gasteiger partial charge >= 0.3 is 0 Å². The smallest absolute Gasteiger partial charge is 0.228 e. The molecule has 2 aromatic rings. The number of carbonyl (C=O) groups is 1. The number of methoxy groups -OCH3 is 1. The Morgan fingerprint density at radius 3 is 2.24 bits per heavy atom. The standard InChI is InChI=1S/C17H18BrNO2/c1-11-8-14(9-12(2)17(11)18)19-16(20)10-13-4-6-15(21-3)7-5-13/h4-9H,10H2,1-3H3,(H,19,20). The van der Waals surface area contributed by atoms with Crippen molar-refractivity contribution >= 4 is 27.5 Å². The van der Waals surface area contributed by atoms with Crippen LogP contribution >= 0.6 is 15.9 Å².